The molecule has 2 heterocycles. The quantitative estimate of drug-likeness (QED) is 0.912. The Morgan fingerprint density at radius 2 is 2.28 bits per heavy atom. The van der Waals surface area contributed by atoms with Gasteiger partial charge in [0.25, 0.3) is 5.56 Å². The Balaban J connectivity index is 2.25. The molecule has 0 saturated heterocycles. The zero-order valence-corrected chi connectivity index (χ0v) is 11.9. The van der Waals surface area contributed by atoms with Gasteiger partial charge in [-0.05, 0) is 28.4 Å². The van der Waals surface area contributed by atoms with Crippen LogP contribution >= 0.6 is 15.9 Å². The van der Waals surface area contributed by atoms with Gasteiger partial charge in [-0.15, -0.1) is 0 Å². The van der Waals surface area contributed by atoms with Crippen LogP contribution in [-0.2, 0) is 13.5 Å². The monoisotopic (exact) mass is 310 g/mol. The molecule has 0 aliphatic rings. The second kappa shape index (κ2) is 5.39. The van der Waals surface area contributed by atoms with Crippen LogP contribution in [0, 0.1) is 0 Å². The predicted octanol–water partition coefficient (Wildman–Crippen LogP) is 2.57. The summed E-state index contributed by atoms with van der Waals surface area (Å²) in [5, 5.41) is 10.1. The van der Waals surface area contributed by atoms with Gasteiger partial charge in [-0.1, -0.05) is 13.3 Å². The molecule has 2 aromatic rings. The van der Waals surface area contributed by atoms with Crippen molar-refractivity contribution in [2.75, 3.05) is 5.32 Å². The molecule has 2 rings (SSSR count). The first-order valence-electron chi connectivity index (χ1n) is 5.77. The minimum Gasteiger partial charge on any atom is -0.334 e. The fourth-order valence-corrected chi connectivity index (χ4v) is 2.26. The molecule has 0 aromatic carbocycles. The molecule has 0 spiro atoms. The van der Waals surface area contributed by atoms with Gasteiger partial charge in [0, 0.05) is 29.5 Å². The van der Waals surface area contributed by atoms with Crippen molar-refractivity contribution in [3.05, 3.63) is 38.9 Å². The molecule has 0 aliphatic heterocycles. The molecule has 0 radical (unpaired) electrons. The Hall–Kier alpha value is -1.56. The van der Waals surface area contributed by atoms with Crippen LogP contribution in [0.4, 0.5) is 11.5 Å². The highest BCUT2D eigenvalue weighted by molar-refractivity contribution is 9.10. The molecule has 0 unspecified atom stereocenters. The number of aromatic nitrogens is 3. The van der Waals surface area contributed by atoms with Crippen molar-refractivity contribution in [1.82, 2.24) is 14.8 Å². The molecule has 0 bridgehead atoms. The van der Waals surface area contributed by atoms with Crippen molar-refractivity contribution >= 4 is 27.4 Å². The number of nitrogens with zero attached hydrogens (tertiary/aromatic N) is 2. The summed E-state index contributed by atoms with van der Waals surface area (Å²) in [6.07, 6.45) is 3.73. The topological polar surface area (TPSA) is 62.7 Å². The van der Waals surface area contributed by atoms with E-state index >= 15 is 0 Å². The fourth-order valence-electron chi connectivity index (χ4n) is 1.72. The maximum Gasteiger partial charge on any atom is 0.274 e. The first kappa shape index (κ1) is 12.9. The smallest absolute Gasteiger partial charge is 0.274 e. The van der Waals surface area contributed by atoms with Gasteiger partial charge in [0.2, 0.25) is 0 Å². The summed E-state index contributed by atoms with van der Waals surface area (Å²) in [5.41, 5.74) is 1.48. The molecule has 96 valence electrons. The molecule has 2 N–H and O–H groups in total. The lowest BCUT2D eigenvalue weighted by Gasteiger charge is -2.05. The van der Waals surface area contributed by atoms with Crippen LogP contribution in [0.5, 0.6) is 0 Å². The van der Waals surface area contributed by atoms with Crippen molar-refractivity contribution in [2.24, 2.45) is 7.05 Å². The summed E-state index contributed by atoms with van der Waals surface area (Å²) in [6, 6.07) is 3.67. The van der Waals surface area contributed by atoms with Crippen LogP contribution in [0.25, 0.3) is 0 Å². The lowest BCUT2D eigenvalue weighted by Crippen LogP contribution is -2.19. The summed E-state index contributed by atoms with van der Waals surface area (Å²) in [6.45, 7) is 2.11. The number of pyridine rings is 1. The summed E-state index contributed by atoms with van der Waals surface area (Å²) in [5.74, 6) is 0.661. The van der Waals surface area contributed by atoms with Gasteiger partial charge in [-0.2, -0.15) is 5.10 Å². The van der Waals surface area contributed by atoms with E-state index in [-0.39, 0.29) is 5.56 Å². The Morgan fingerprint density at radius 1 is 1.50 bits per heavy atom. The summed E-state index contributed by atoms with van der Waals surface area (Å²) < 4.78 is 2.36. The van der Waals surface area contributed by atoms with Gasteiger partial charge < -0.3 is 9.88 Å². The summed E-state index contributed by atoms with van der Waals surface area (Å²) in [4.78, 5) is 11.9. The average Bonchev–Trinajstić information content (AvgIpc) is 2.73. The number of H-pyrrole nitrogens is 1. The number of rotatable bonds is 4. The lowest BCUT2D eigenvalue weighted by molar-refractivity contribution is 0.857. The van der Waals surface area contributed by atoms with E-state index in [0.717, 1.165) is 23.0 Å². The van der Waals surface area contributed by atoms with E-state index in [9.17, 15) is 4.79 Å². The molecule has 2 aromatic heterocycles. The largest absolute Gasteiger partial charge is 0.334 e. The number of hydrogen-bond acceptors (Lipinski definition) is 3. The minimum atomic E-state index is -0.0850. The third-order valence-electron chi connectivity index (χ3n) is 2.56. The number of halogens is 1. The standard InChI is InChI=1S/C12H15BrN4O/c1-3-4-9-6-11(16-15-9)14-10-5-8(13)7-17(2)12(10)18/h5-7H,3-4H2,1-2H3,(H2,14,15,16). The van der Waals surface area contributed by atoms with E-state index < -0.39 is 0 Å². The Kier molecular flexibility index (Phi) is 3.86. The fraction of sp³-hybridized carbons (Fsp3) is 0.333. The van der Waals surface area contributed by atoms with E-state index in [4.69, 9.17) is 0 Å². The molecule has 18 heavy (non-hydrogen) atoms. The Morgan fingerprint density at radius 3 is 3.00 bits per heavy atom. The van der Waals surface area contributed by atoms with E-state index in [2.05, 4.69) is 38.4 Å². The lowest BCUT2D eigenvalue weighted by atomic mass is 10.2. The Bertz CT molecular complexity index is 602. The van der Waals surface area contributed by atoms with Crippen molar-refractivity contribution < 1.29 is 0 Å². The second-order valence-electron chi connectivity index (χ2n) is 4.14. The predicted molar refractivity (Wildman–Crippen MR) is 75.2 cm³/mol. The third kappa shape index (κ3) is 2.81. The molecular formula is C12H15BrN4O. The molecule has 0 amide bonds. The van der Waals surface area contributed by atoms with E-state index in [1.54, 1.807) is 19.3 Å². The normalized spacial score (nSPS) is 10.6. The van der Waals surface area contributed by atoms with Gasteiger partial charge >= 0.3 is 0 Å². The van der Waals surface area contributed by atoms with Crippen molar-refractivity contribution in [3.8, 4) is 0 Å². The molecule has 0 saturated carbocycles. The maximum atomic E-state index is 11.9. The minimum absolute atomic E-state index is 0.0850. The molecular weight excluding hydrogens is 296 g/mol. The number of anilines is 2. The third-order valence-corrected chi connectivity index (χ3v) is 3.00. The average molecular weight is 311 g/mol. The van der Waals surface area contributed by atoms with Crippen molar-refractivity contribution in [2.45, 2.75) is 19.8 Å². The number of nitrogens with one attached hydrogen (secondary N) is 2. The van der Waals surface area contributed by atoms with Gasteiger partial charge in [0.15, 0.2) is 5.82 Å². The molecule has 6 heteroatoms. The maximum absolute atomic E-state index is 11.9. The summed E-state index contributed by atoms with van der Waals surface area (Å²) >= 11 is 3.36. The van der Waals surface area contributed by atoms with E-state index in [1.807, 2.05) is 6.07 Å². The van der Waals surface area contributed by atoms with Crippen LogP contribution in [0.3, 0.4) is 0 Å². The zero-order chi connectivity index (χ0) is 13.1. The van der Waals surface area contributed by atoms with Crippen LogP contribution in [0.1, 0.15) is 19.0 Å². The number of aryl methyl sites for hydroxylation is 2. The first-order chi connectivity index (χ1) is 8.60. The summed E-state index contributed by atoms with van der Waals surface area (Å²) in [7, 11) is 1.71. The molecule has 5 nitrogen and oxygen atoms in total. The van der Waals surface area contributed by atoms with E-state index in [1.165, 1.54) is 4.57 Å². The number of hydrogen-bond donors (Lipinski definition) is 2. The van der Waals surface area contributed by atoms with Gasteiger partial charge in [-0.25, -0.2) is 0 Å². The van der Waals surface area contributed by atoms with Crippen LogP contribution < -0.4 is 10.9 Å². The highest BCUT2D eigenvalue weighted by Crippen LogP contribution is 2.16. The van der Waals surface area contributed by atoms with Crippen LogP contribution in [-0.4, -0.2) is 14.8 Å². The molecule has 0 atom stereocenters. The molecule has 0 fully saturated rings. The van der Waals surface area contributed by atoms with Crippen molar-refractivity contribution in [3.63, 3.8) is 0 Å². The van der Waals surface area contributed by atoms with Crippen LogP contribution in [0.2, 0.25) is 0 Å². The van der Waals surface area contributed by atoms with Gasteiger partial charge in [0.1, 0.15) is 5.69 Å². The number of aromatic amines is 1. The van der Waals surface area contributed by atoms with Gasteiger partial charge in [0.05, 0.1) is 0 Å². The highest BCUT2D eigenvalue weighted by Gasteiger charge is 2.06. The Labute approximate surface area is 113 Å². The van der Waals surface area contributed by atoms with Crippen LogP contribution in [0.15, 0.2) is 27.6 Å². The first-order valence-corrected chi connectivity index (χ1v) is 6.57. The zero-order valence-electron chi connectivity index (χ0n) is 10.3. The second-order valence-corrected chi connectivity index (χ2v) is 5.06. The van der Waals surface area contributed by atoms with E-state index in [0.29, 0.717) is 11.5 Å². The SMILES string of the molecule is CCCc1cc(Nc2cc(Br)cn(C)c2=O)n[nH]1. The van der Waals surface area contributed by atoms with Gasteiger partial charge in [-0.3, -0.25) is 9.89 Å². The highest BCUT2D eigenvalue weighted by atomic mass is 79.9. The molecule has 0 aliphatic carbocycles. The van der Waals surface area contributed by atoms with Crippen molar-refractivity contribution in [1.29, 1.82) is 0 Å².